The monoisotopic (exact) mass is 252 g/mol. The summed E-state index contributed by atoms with van der Waals surface area (Å²) in [6.07, 6.45) is 2.04. The normalized spacial score (nSPS) is 23.7. The van der Waals surface area contributed by atoms with Crippen molar-refractivity contribution >= 4 is 11.2 Å². The molecule has 0 aromatic carbocycles. The van der Waals surface area contributed by atoms with Gasteiger partial charge in [-0.25, -0.2) is 9.97 Å². The van der Waals surface area contributed by atoms with Crippen molar-refractivity contribution in [2.45, 2.75) is 12.5 Å². The zero-order valence-corrected chi connectivity index (χ0v) is 9.68. The summed E-state index contributed by atoms with van der Waals surface area (Å²) >= 11 is 0. The van der Waals surface area contributed by atoms with Gasteiger partial charge in [0.25, 0.3) is 0 Å². The second-order valence-electron chi connectivity index (χ2n) is 3.74. The summed E-state index contributed by atoms with van der Waals surface area (Å²) < 4.78 is 17.6. The van der Waals surface area contributed by atoms with E-state index in [4.69, 9.17) is 19.3 Å². The second kappa shape index (κ2) is 4.48. The molecule has 18 heavy (non-hydrogen) atoms. The van der Waals surface area contributed by atoms with Gasteiger partial charge in [-0.2, -0.15) is 4.98 Å². The quantitative estimate of drug-likeness (QED) is 0.801. The molecule has 0 radical (unpaired) electrons. The summed E-state index contributed by atoms with van der Waals surface area (Å²) in [6.45, 7) is 0.157. The van der Waals surface area contributed by atoms with Gasteiger partial charge in [-0.05, 0) is 0 Å². The molecule has 0 amide bonds. The van der Waals surface area contributed by atoms with Crippen molar-refractivity contribution in [2.24, 2.45) is 0 Å². The van der Waals surface area contributed by atoms with Crippen molar-refractivity contribution in [3.05, 3.63) is 12.7 Å². The number of aliphatic hydroxyl groups excluding tert-OH is 1. The van der Waals surface area contributed by atoms with Gasteiger partial charge in [0.15, 0.2) is 23.7 Å². The Morgan fingerprint density at radius 2 is 2.39 bits per heavy atom. The molecule has 0 aliphatic carbocycles. The topological polar surface area (TPSA) is 91.5 Å². The van der Waals surface area contributed by atoms with Crippen molar-refractivity contribution in [1.29, 1.82) is 0 Å². The fourth-order valence-electron chi connectivity index (χ4n) is 1.88. The highest BCUT2D eigenvalue weighted by Gasteiger charge is 2.28. The van der Waals surface area contributed by atoms with Gasteiger partial charge >= 0.3 is 0 Å². The van der Waals surface area contributed by atoms with Gasteiger partial charge < -0.3 is 19.3 Å². The highest BCUT2D eigenvalue weighted by atomic mass is 16.7. The molecule has 1 N–H and O–H groups in total. The van der Waals surface area contributed by atoms with E-state index >= 15 is 0 Å². The number of nitrogens with zero attached hydrogens (tertiary/aromatic N) is 4. The van der Waals surface area contributed by atoms with Crippen molar-refractivity contribution in [3.8, 4) is 5.88 Å². The summed E-state index contributed by atoms with van der Waals surface area (Å²) in [5.74, 6) is 0.413. The third kappa shape index (κ3) is 1.70. The molecule has 8 heteroatoms. The minimum absolute atomic E-state index is 0.179. The summed E-state index contributed by atoms with van der Waals surface area (Å²) in [6, 6.07) is 0. The molecule has 3 rings (SSSR count). The molecule has 3 heterocycles. The Kier molecular flexibility index (Phi) is 2.82. The van der Waals surface area contributed by atoms with E-state index in [2.05, 4.69) is 15.0 Å². The number of methoxy groups -OCH3 is 1. The number of aromatic nitrogens is 4. The molecule has 2 aromatic heterocycles. The Hall–Kier alpha value is -1.77. The van der Waals surface area contributed by atoms with Crippen LogP contribution in [-0.4, -0.2) is 51.2 Å². The number of ether oxygens (including phenoxy) is 3. The number of aliphatic hydroxyl groups is 1. The van der Waals surface area contributed by atoms with Crippen molar-refractivity contribution < 1.29 is 19.3 Å². The third-order valence-electron chi connectivity index (χ3n) is 2.71. The van der Waals surface area contributed by atoms with E-state index in [1.54, 1.807) is 10.9 Å². The van der Waals surface area contributed by atoms with Gasteiger partial charge in [0, 0.05) is 0 Å². The second-order valence-corrected chi connectivity index (χ2v) is 3.74. The maximum Gasteiger partial charge on any atom is 0.245 e. The molecule has 1 aliphatic rings. The molecule has 0 spiro atoms. The molecule has 0 bridgehead atoms. The van der Waals surface area contributed by atoms with Crippen LogP contribution in [0, 0.1) is 0 Å². The average Bonchev–Trinajstić information content (AvgIpc) is 3.03. The van der Waals surface area contributed by atoms with Crippen LogP contribution in [-0.2, 0) is 9.47 Å². The maximum atomic E-state index is 8.96. The summed E-state index contributed by atoms with van der Waals surface area (Å²) in [5.41, 5.74) is 1.17. The number of hydrogen-bond donors (Lipinski definition) is 1. The van der Waals surface area contributed by atoms with Gasteiger partial charge in [-0.15, -0.1) is 0 Å². The lowest BCUT2D eigenvalue weighted by molar-refractivity contribution is -0.0980. The van der Waals surface area contributed by atoms with E-state index in [0.717, 1.165) is 0 Å². The molecule has 0 unspecified atom stereocenters. The van der Waals surface area contributed by atoms with Gasteiger partial charge in [0.1, 0.15) is 6.33 Å². The van der Waals surface area contributed by atoms with Gasteiger partial charge in [-0.3, -0.25) is 4.57 Å². The molecular weight excluding hydrogens is 240 g/mol. The smallest absolute Gasteiger partial charge is 0.245 e. The van der Waals surface area contributed by atoms with E-state index in [0.29, 0.717) is 23.7 Å². The predicted molar refractivity (Wildman–Crippen MR) is 58.8 cm³/mol. The van der Waals surface area contributed by atoms with E-state index in [1.807, 2.05) is 0 Å². The molecule has 2 aromatic rings. The molecule has 96 valence electrons. The van der Waals surface area contributed by atoms with E-state index in [9.17, 15) is 0 Å². The van der Waals surface area contributed by atoms with Crippen LogP contribution in [0.3, 0.4) is 0 Å². The lowest BCUT2D eigenvalue weighted by Crippen LogP contribution is -2.15. The molecule has 0 saturated carbocycles. The Morgan fingerprint density at radius 3 is 3.11 bits per heavy atom. The van der Waals surface area contributed by atoms with Crippen LogP contribution >= 0.6 is 0 Å². The van der Waals surface area contributed by atoms with Crippen LogP contribution in [0.15, 0.2) is 12.7 Å². The molecular formula is C10H12N4O4. The highest BCUT2D eigenvalue weighted by molar-refractivity contribution is 5.75. The molecule has 2 atom stereocenters. The zero-order chi connectivity index (χ0) is 12.5. The first-order valence-electron chi connectivity index (χ1n) is 5.43. The van der Waals surface area contributed by atoms with Crippen molar-refractivity contribution in [1.82, 2.24) is 19.5 Å². The lowest BCUT2D eigenvalue weighted by Gasteiger charge is -2.11. The van der Waals surface area contributed by atoms with Crippen LogP contribution in [0.4, 0.5) is 0 Å². The zero-order valence-electron chi connectivity index (χ0n) is 9.68. The van der Waals surface area contributed by atoms with Gasteiger partial charge in [0.05, 0.1) is 26.7 Å². The fraction of sp³-hybridized carbons (Fsp3) is 0.500. The van der Waals surface area contributed by atoms with Crippen molar-refractivity contribution in [3.63, 3.8) is 0 Å². The standard InChI is InChI=1S/C10H12N4O4/c1-16-10-8-9(11-4-12-10)14(5-13-8)6-3-17-7(2-15)18-6/h4-7,15H,2-3H2,1H3/t6-,7-/m1/s1. The Bertz CT molecular complexity index is 558. The summed E-state index contributed by atoms with van der Waals surface area (Å²) in [4.78, 5) is 12.3. The van der Waals surface area contributed by atoms with E-state index in [1.165, 1.54) is 13.4 Å². The maximum absolute atomic E-state index is 8.96. The van der Waals surface area contributed by atoms with Gasteiger partial charge in [-0.1, -0.05) is 0 Å². The number of fused-ring (bicyclic) bond motifs is 1. The minimum atomic E-state index is -0.601. The van der Waals surface area contributed by atoms with Crippen LogP contribution < -0.4 is 4.74 Å². The summed E-state index contributed by atoms with van der Waals surface area (Å²) in [5, 5.41) is 8.96. The average molecular weight is 252 g/mol. The summed E-state index contributed by atoms with van der Waals surface area (Å²) in [7, 11) is 1.53. The Balaban J connectivity index is 1.98. The van der Waals surface area contributed by atoms with Gasteiger partial charge in [0.2, 0.25) is 5.88 Å². The number of imidazole rings is 1. The van der Waals surface area contributed by atoms with Crippen molar-refractivity contribution in [2.75, 3.05) is 20.3 Å². The van der Waals surface area contributed by atoms with Crippen LogP contribution in [0.25, 0.3) is 11.2 Å². The number of hydrogen-bond acceptors (Lipinski definition) is 7. The Labute approximate surface area is 102 Å². The fourth-order valence-corrected chi connectivity index (χ4v) is 1.88. The Morgan fingerprint density at radius 1 is 1.50 bits per heavy atom. The molecule has 8 nitrogen and oxygen atoms in total. The minimum Gasteiger partial charge on any atom is -0.479 e. The molecule has 1 aliphatic heterocycles. The molecule has 1 saturated heterocycles. The van der Waals surface area contributed by atoms with E-state index < -0.39 is 6.29 Å². The predicted octanol–water partition coefficient (Wildman–Crippen LogP) is -0.301. The highest BCUT2D eigenvalue weighted by Crippen LogP contribution is 2.26. The number of rotatable bonds is 3. The van der Waals surface area contributed by atoms with Crippen LogP contribution in [0.2, 0.25) is 0 Å². The van der Waals surface area contributed by atoms with E-state index in [-0.39, 0.29) is 12.8 Å². The first-order valence-corrected chi connectivity index (χ1v) is 5.43. The van der Waals surface area contributed by atoms with Crippen LogP contribution in [0.1, 0.15) is 6.23 Å². The SMILES string of the molecule is COc1ncnc2c1ncn2[C@H]1CO[C@@H](CO)O1. The van der Waals surface area contributed by atoms with Crippen LogP contribution in [0.5, 0.6) is 5.88 Å². The lowest BCUT2D eigenvalue weighted by atomic mass is 10.5. The third-order valence-corrected chi connectivity index (χ3v) is 2.71. The molecule has 1 fully saturated rings. The first kappa shape index (κ1) is 11.3. The largest absolute Gasteiger partial charge is 0.479 e. The first-order chi connectivity index (χ1) is 8.83.